The highest BCUT2D eigenvalue weighted by molar-refractivity contribution is 7.22. The van der Waals surface area contributed by atoms with Gasteiger partial charge in [-0.15, -0.1) is 0 Å². The largest absolute Gasteiger partial charge is 0.423 e. The summed E-state index contributed by atoms with van der Waals surface area (Å²) in [6.45, 7) is 0. The molecule has 0 radical (unpaired) electrons. The molecule has 0 spiro atoms. The number of halogens is 2. The smallest absolute Gasteiger partial charge is 0.302 e. The molecule has 4 nitrogen and oxygen atoms in total. The van der Waals surface area contributed by atoms with Crippen molar-refractivity contribution in [3.05, 3.63) is 46.4 Å². The van der Waals surface area contributed by atoms with Crippen molar-refractivity contribution in [1.29, 1.82) is 0 Å². The zero-order chi connectivity index (χ0) is 14.4. The van der Waals surface area contributed by atoms with E-state index in [1.807, 2.05) is 30.3 Å². The molecule has 0 aliphatic carbocycles. The standard InChI is InChI=1S/C14H7Cl2N3OS/c15-7-5-6-10-12(11(7)16)18-14(21-10)19-13-17-8-3-1-2-4-9(8)20-13/h1-6H,(H,17,18,19). The van der Waals surface area contributed by atoms with Gasteiger partial charge in [0.15, 0.2) is 10.7 Å². The second-order valence-corrected chi connectivity index (χ2v) is 6.15. The van der Waals surface area contributed by atoms with E-state index in [9.17, 15) is 0 Å². The molecular formula is C14H7Cl2N3OS. The van der Waals surface area contributed by atoms with Crippen molar-refractivity contribution in [2.24, 2.45) is 0 Å². The quantitative estimate of drug-likeness (QED) is 0.526. The molecule has 0 aliphatic rings. The summed E-state index contributed by atoms with van der Waals surface area (Å²) in [5.74, 6) is 0. The van der Waals surface area contributed by atoms with Crippen LogP contribution in [0.4, 0.5) is 11.1 Å². The lowest BCUT2D eigenvalue weighted by molar-refractivity contribution is 0.623. The molecular weight excluding hydrogens is 329 g/mol. The van der Waals surface area contributed by atoms with Crippen LogP contribution in [0.25, 0.3) is 21.3 Å². The van der Waals surface area contributed by atoms with E-state index in [0.717, 1.165) is 15.8 Å². The van der Waals surface area contributed by atoms with Gasteiger partial charge in [-0.1, -0.05) is 46.7 Å². The summed E-state index contributed by atoms with van der Waals surface area (Å²) in [7, 11) is 0. The molecule has 4 rings (SSSR count). The summed E-state index contributed by atoms with van der Waals surface area (Å²) in [5.41, 5.74) is 2.19. The fourth-order valence-corrected chi connectivity index (χ4v) is 3.29. The topological polar surface area (TPSA) is 51.0 Å². The van der Waals surface area contributed by atoms with Gasteiger partial charge in [-0.3, -0.25) is 5.32 Å². The van der Waals surface area contributed by atoms with Crippen molar-refractivity contribution in [2.75, 3.05) is 5.32 Å². The van der Waals surface area contributed by atoms with Crippen LogP contribution >= 0.6 is 34.5 Å². The number of nitrogens with one attached hydrogen (secondary N) is 1. The summed E-state index contributed by atoms with van der Waals surface area (Å²) in [4.78, 5) is 8.78. The minimum absolute atomic E-state index is 0.400. The van der Waals surface area contributed by atoms with Gasteiger partial charge in [-0.25, -0.2) is 4.98 Å². The first-order valence-electron chi connectivity index (χ1n) is 6.08. The molecule has 0 fully saturated rings. The third kappa shape index (κ3) is 2.23. The normalized spacial score (nSPS) is 11.3. The number of hydrogen-bond donors (Lipinski definition) is 1. The minimum atomic E-state index is 0.400. The van der Waals surface area contributed by atoms with Crippen LogP contribution in [0.2, 0.25) is 10.0 Å². The van der Waals surface area contributed by atoms with E-state index in [1.165, 1.54) is 11.3 Å². The fraction of sp³-hybridized carbons (Fsp3) is 0. The second kappa shape index (κ2) is 4.87. The summed E-state index contributed by atoms with van der Waals surface area (Å²) >= 11 is 13.6. The molecule has 0 saturated carbocycles. The summed E-state index contributed by atoms with van der Waals surface area (Å²) < 4.78 is 6.55. The predicted molar refractivity (Wildman–Crippen MR) is 86.9 cm³/mol. The van der Waals surface area contributed by atoms with Gasteiger partial charge in [0.25, 0.3) is 0 Å². The number of fused-ring (bicyclic) bond motifs is 2. The Bertz CT molecular complexity index is 930. The Hall–Kier alpha value is -1.82. The lowest BCUT2D eigenvalue weighted by Gasteiger charge is -1.94. The summed E-state index contributed by atoms with van der Waals surface area (Å²) in [6.07, 6.45) is 0. The first kappa shape index (κ1) is 12.9. The Morgan fingerprint density at radius 1 is 1.05 bits per heavy atom. The van der Waals surface area contributed by atoms with Gasteiger partial charge < -0.3 is 4.42 Å². The maximum atomic E-state index is 6.15. The molecule has 104 valence electrons. The molecule has 21 heavy (non-hydrogen) atoms. The van der Waals surface area contributed by atoms with Crippen LogP contribution in [0.15, 0.2) is 40.8 Å². The zero-order valence-corrected chi connectivity index (χ0v) is 12.8. The molecule has 2 aromatic heterocycles. The van der Waals surface area contributed by atoms with Crippen molar-refractivity contribution >= 4 is 67.0 Å². The number of hydrogen-bond acceptors (Lipinski definition) is 5. The van der Waals surface area contributed by atoms with E-state index >= 15 is 0 Å². The third-order valence-electron chi connectivity index (χ3n) is 2.96. The average molecular weight is 336 g/mol. The molecule has 7 heteroatoms. The molecule has 2 heterocycles. The molecule has 0 saturated heterocycles. The highest BCUT2D eigenvalue weighted by atomic mass is 35.5. The minimum Gasteiger partial charge on any atom is -0.423 e. The number of benzene rings is 2. The Balaban J connectivity index is 1.75. The second-order valence-electron chi connectivity index (χ2n) is 4.34. The molecule has 0 amide bonds. The molecule has 2 aromatic carbocycles. The van der Waals surface area contributed by atoms with Gasteiger partial charge >= 0.3 is 6.01 Å². The Labute approximate surface area is 133 Å². The van der Waals surface area contributed by atoms with Crippen molar-refractivity contribution in [2.45, 2.75) is 0 Å². The number of nitrogens with zero attached hydrogens (tertiary/aromatic N) is 2. The Morgan fingerprint density at radius 2 is 1.90 bits per heavy atom. The monoisotopic (exact) mass is 335 g/mol. The zero-order valence-electron chi connectivity index (χ0n) is 10.4. The number of para-hydroxylation sites is 2. The highest BCUT2D eigenvalue weighted by Crippen LogP contribution is 2.36. The van der Waals surface area contributed by atoms with E-state index < -0.39 is 0 Å². The average Bonchev–Trinajstić information content (AvgIpc) is 3.06. The molecule has 1 N–H and O–H groups in total. The van der Waals surface area contributed by atoms with Gasteiger partial charge in [-0.2, -0.15) is 4.98 Å². The van der Waals surface area contributed by atoms with Gasteiger partial charge in [0.05, 0.1) is 14.7 Å². The van der Waals surface area contributed by atoms with Gasteiger partial charge in [0.2, 0.25) is 0 Å². The molecule has 0 unspecified atom stereocenters. The van der Waals surface area contributed by atoms with Crippen LogP contribution in [-0.2, 0) is 0 Å². The maximum Gasteiger partial charge on any atom is 0.302 e. The van der Waals surface area contributed by atoms with Gasteiger partial charge in [-0.05, 0) is 24.3 Å². The highest BCUT2D eigenvalue weighted by Gasteiger charge is 2.12. The third-order valence-corrected chi connectivity index (χ3v) is 4.69. The van der Waals surface area contributed by atoms with E-state index in [1.54, 1.807) is 6.07 Å². The van der Waals surface area contributed by atoms with Crippen LogP contribution in [0, 0.1) is 0 Å². The number of thiazole rings is 1. The first-order chi connectivity index (χ1) is 10.2. The Morgan fingerprint density at radius 3 is 2.76 bits per heavy atom. The van der Waals surface area contributed by atoms with E-state index in [2.05, 4.69) is 15.3 Å². The van der Waals surface area contributed by atoms with Crippen LogP contribution in [0.5, 0.6) is 0 Å². The maximum absolute atomic E-state index is 6.15. The van der Waals surface area contributed by atoms with Crippen molar-refractivity contribution in [1.82, 2.24) is 9.97 Å². The van der Waals surface area contributed by atoms with E-state index in [4.69, 9.17) is 27.6 Å². The fourth-order valence-electron chi connectivity index (χ4n) is 2.01. The summed E-state index contributed by atoms with van der Waals surface area (Å²) in [5, 5.41) is 4.65. The Kier molecular flexibility index (Phi) is 2.99. The van der Waals surface area contributed by atoms with E-state index in [0.29, 0.717) is 26.7 Å². The molecule has 4 aromatic rings. The molecule has 0 bridgehead atoms. The summed E-state index contributed by atoms with van der Waals surface area (Å²) in [6, 6.07) is 11.6. The number of rotatable bonds is 2. The number of anilines is 2. The molecule has 0 aliphatic heterocycles. The number of aromatic nitrogens is 2. The van der Waals surface area contributed by atoms with E-state index in [-0.39, 0.29) is 0 Å². The first-order valence-corrected chi connectivity index (χ1v) is 7.65. The van der Waals surface area contributed by atoms with Gasteiger partial charge in [0, 0.05) is 0 Å². The SMILES string of the molecule is Clc1ccc2sc(Nc3nc4ccccc4o3)nc2c1Cl. The van der Waals surface area contributed by atoms with Crippen LogP contribution in [0.3, 0.4) is 0 Å². The van der Waals surface area contributed by atoms with Crippen molar-refractivity contribution < 1.29 is 4.42 Å². The van der Waals surface area contributed by atoms with Crippen LogP contribution in [0.1, 0.15) is 0 Å². The van der Waals surface area contributed by atoms with Crippen molar-refractivity contribution in [3.8, 4) is 0 Å². The predicted octanol–water partition coefficient (Wildman–Crippen LogP) is 5.49. The van der Waals surface area contributed by atoms with Gasteiger partial charge in [0.1, 0.15) is 11.0 Å². The molecule has 0 atom stereocenters. The van der Waals surface area contributed by atoms with Crippen molar-refractivity contribution in [3.63, 3.8) is 0 Å². The lowest BCUT2D eigenvalue weighted by atomic mass is 10.3. The number of oxazole rings is 1. The lowest BCUT2D eigenvalue weighted by Crippen LogP contribution is -1.88. The van der Waals surface area contributed by atoms with Crippen LogP contribution < -0.4 is 5.32 Å². The van der Waals surface area contributed by atoms with Crippen LogP contribution in [-0.4, -0.2) is 9.97 Å².